The Bertz CT molecular complexity index is 1000. The lowest BCUT2D eigenvalue weighted by molar-refractivity contribution is 0.405. The zero-order chi connectivity index (χ0) is 17.9. The van der Waals surface area contributed by atoms with E-state index in [1.807, 2.05) is 30.3 Å². The highest BCUT2D eigenvalue weighted by Gasteiger charge is 2.11. The van der Waals surface area contributed by atoms with Crippen LogP contribution in [0, 0.1) is 0 Å². The zero-order valence-electron chi connectivity index (χ0n) is 15.2. The quantitative estimate of drug-likeness (QED) is 0.499. The molecule has 2 aromatic heterocycles. The van der Waals surface area contributed by atoms with Gasteiger partial charge in [-0.05, 0) is 51.3 Å². The summed E-state index contributed by atoms with van der Waals surface area (Å²) in [5.41, 5.74) is 3.82. The molecule has 0 aliphatic rings. The Morgan fingerprint density at radius 3 is 2.65 bits per heavy atom. The fraction of sp³-hybridized carbons (Fsp3) is 0.227. The molecule has 0 bridgehead atoms. The van der Waals surface area contributed by atoms with Crippen molar-refractivity contribution in [3.63, 3.8) is 0 Å². The molecule has 132 valence electrons. The van der Waals surface area contributed by atoms with Crippen LogP contribution in [0.25, 0.3) is 33.3 Å². The molecule has 2 aromatic carbocycles. The van der Waals surface area contributed by atoms with E-state index in [4.69, 9.17) is 9.40 Å². The van der Waals surface area contributed by atoms with Gasteiger partial charge in [-0.3, -0.25) is 0 Å². The summed E-state index contributed by atoms with van der Waals surface area (Å²) in [7, 11) is 4.20. The maximum absolute atomic E-state index is 6.02. The highest BCUT2D eigenvalue weighted by atomic mass is 16.3. The number of rotatable bonds is 6. The lowest BCUT2D eigenvalue weighted by atomic mass is 10.1. The number of nitrogens with zero attached hydrogens (tertiary/aromatic N) is 2. The van der Waals surface area contributed by atoms with Crippen LogP contribution in [-0.4, -0.2) is 37.1 Å². The number of benzene rings is 2. The predicted octanol–water partition coefficient (Wildman–Crippen LogP) is 5.01. The van der Waals surface area contributed by atoms with Crippen molar-refractivity contribution in [1.29, 1.82) is 0 Å². The molecule has 1 N–H and O–H groups in total. The van der Waals surface area contributed by atoms with Crippen molar-refractivity contribution >= 4 is 27.6 Å². The average Bonchev–Trinajstić information content (AvgIpc) is 3.09. The third-order valence-corrected chi connectivity index (χ3v) is 4.49. The summed E-state index contributed by atoms with van der Waals surface area (Å²) in [6.07, 6.45) is 1.09. The van der Waals surface area contributed by atoms with Crippen molar-refractivity contribution in [2.75, 3.05) is 32.5 Å². The van der Waals surface area contributed by atoms with Gasteiger partial charge in [-0.1, -0.05) is 36.4 Å². The topological polar surface area (TPSA) is 41.3 Å². The lowest BCUT2D eigenvalue weighted by Crippen LogP contribution is -2.16. The Kier molecular flexibility index (Phi) is 4.59. The van der Waals surface area contributed by atoms with Crippen LogP contribution in [0.2, 0.25) is 0 Å². The molecule has 0 atom stereocenters. The van der Waals surface area contributed by atoms with Crippen molar-refractivity contribution in [3.8, 4) is 11.5 Å². The van der Waals surface area contributed by atoms with E-state index in [1.54, 1.807) is 0 Å². The fourth-order valence-electron chi connectivity index (χ4n) is 3.17. The molecule has 4 rings (SSSR count). The predicted molar refractivity (Wildman–Crippen MR) is 109 cm³/mol. The number of aromatic nitrogens is 1. The maximum Gasteiger partial charge on any atom is 0.153 e. The Balaban J connectivity index is 1.71. The van der Waals surface area contributed by atoms with Crippen molar-refractivity contribution in [2.45, 2.75) is 6.42 Å². The van der Waals surface area contributed by atoms with Gasteiger partial charge in [0, 0.05) is 23.0 Å². The van der Waals surface area contributed by atoms with Crippen LogP contribution in [0.15, 0.2) is 65.1 Å². The largest absolute Gasteiger partial charge is 0.454 e. The number of hydrogen-bond acceptors (Lipinski definition) is 4. The molecule has 0 spiro atoms. The van der Waals surface area contributed by atoms with Crippen LogP contribution in [0.3, 0.4) is 0 Å². The van der Waals surface area contributed by atoms with E-state index in [-0.39, 0.29) is 0 Å². The normalized spacial score (nSPS) is 11.5. The lowest BCUT2D eigenvalue weighted by Gasteiger charge is -2.13. The van der Waals surface area contributed by atoms with Gasteiger partial charge in [0.05, 0.1) is 5.52 Å². The number of furan rings is 1. The van der Waals surface area contributed by atoms with E-state index in [9.17, 15) is 0 Å². The molecule has 0 unspecified atom stereocenters. The highest BCUT2D eigenvalue weighted by Crippen LogP contribution is 2.31. The van der Waals surface area contributed by atoms with E-state index < -0.39 is 0 Å². The molecule has 4 aromatic rings. The maximum atomic E-state index is 6.02. The molecule has 26 heavy (non-hydrogen) atoms. The van der Waals surface area contributed by atoms with Crippen molar-refractivity contribution < 1.29 is 4.42 Å². The monoisotopic (exact) mass is 345 g/mol. The molecule has 0 aliphatic carbocycles. The fourth-order valence-corrected chi connectivity index (χ4v) is 3.17. The minimum Gasteiger partial charge on any atom is -0.454 e. The molecule has 0 aliphatic heterocycles. The van der Waals surface area contributed by atoms with Crippen molar-refractivity contribution in [3.05, 3.63) is 60.7 Å². The van der Waals surface area contributed by atoms with Gasteiger partial charge in [0.1, 0.15) is 11.3 Å². The first-order valence-corrected chi connectivity index (χ1v) is 8.98. The van der Waals surface area contributed by atoms with E-state index in [2.05, 4.69) is 54.6 Å². The summed E-state index contributed by atoms with van der Waals surface area (Å²) in [5.74, 6) is 0.799. The van der Waals surface area contributed by atoms with E-state index >= 15 is 0 Å². The molecule has 0 saturated carbocycles. The van der Waals surface area contributed by atoms with Gasteiger partial charge in [0.15, 0.2) is 5.76 Å². The first-order valence-electron chi connectivity index (χ1n) is 8.98. The van der Waals surface area contributed by atoms with Crippen LogP contribution in [-0.2, 0) is 0 Å². The molecule has 0 saturated heterocycles. The van der Waals surface area contributed by atoms with Gasteiger partial charge in [0.2, 0.25) is 0 Å². The molecule has 4 nitrogen and oxygen atoms in total. The molecule has 4 heteroatoms. The summed E-state index contributed by atoms with van der Waals surface area (Å²) >= 11 is 0. The number of anilines is 1. The number of fused-ring (bicyclic) bond motifs is 2. The van der Waals surface area contributed by atoms with Gasteiger partial charge in [-0.25, -0.2) is 4.98 Å². The van der Waals surface area contributed by atoms with Crippen molar-refractivity contribution in [2.24, 2.45) is 0 Å². The summed E-state index contributed by atoms with van der Waals surface area (Å²) in [6.45, 7) is 1.98. The zero-order valence-corrected chi connectivity index (χ0v) is 15.2. The first-order chi connectivity index (χ1) is 12.7. The second-order valence-corrected chi connectivity index (χ2v) is 6.80. The molecule has 0 radical (unpaired) electrons. The number of para-hydroxylation sites is 2. The summed E-state index contributed by atoms with van der Waals surface area (Å²) in [4.78, 5) is 7.02. The van der Waals surface area contributed by atoms with E-state index in [0.29, 0.717) is 0 Å². The van der Waals surface area contributed by atoms with Crippen LogP contribution in [0.5, 0.6) is 0 Å². The second-order valence-electron chi connectivity index (χ2n) is 6.80. The van der Waals surface area contributed by atoms with E-state index in [0.717, 1.165) is 58.5 Å². The minimum absolute atomic E-state index is 0.799. The Hall–Kier alpha value is -2.85. The van der Waals surface area contributed by atoms with Gasteiger partial charge >= 0.3 is 0 Å². The summed E-state index contributed by atoms with van der Waals surface area (Å²) in [5, 5.41) is 5.81. The Morgan fingerprint density at radius 1 is 1.00 bits per heavy atom. The van der Waals surface area contributed by atoms with E-state index in [1.165, 1.54) is 0 Å². The molecular weight excluding hydrogens is 322 g/mol. The van der Waals surface area contributed by atoms with Gasteiger partial charge in [0.25, 0.3) is 0 Å². The summed E-state index contributed by atoms with van der Waals surface area (Å²) < 4.78 is 6.02. The number of hydrogen-bond donors (Lipinski definition) is 1. The van der Waals surface area contributed by atoms with Gasteiger partial charge in [-0.2, -0.15) is 0 Å². The standard InChI is InChI=1S/C22H23N3O/c1-25(2)13-7-12-23-19-15-20(24-18-10-5-4-9-17(18)19)22-14-16-8-3-6-11-21(16)26-22/h3-6,8-11,14-15H,7,12-13H2,1-2H3,(H,23,24). The van der Waals surface area contributed by atoms with Gasteiger partial charge in [-0.15, -0.1) is 0 Å². The molecule has 2 heterocycles. The smallest absolute Gasteiger partial charge is 0.153 e. The summed E-state index contributed by atoms with van der Waals surface area (Å²) in [6, 6.07) is 20.4. The van der Waals surface area contributed by atoms with Crippen LogP contribution in [0.1, 0.15) is 6.42 Å². The van der Waals surface area contributed by atoms with Crippen LogP contribution in [0.4, 0.5) is 5.69 Å². The molecular formula is C22H23N3O. The Labute approximate surface area is 153 Å². The molecule has 0 fully saturated rings. The third kappa shape index (κ3) is 3.41. The molecule has 0 amide bonds. The third-order valence-electron chi connectivity index (χ3n) is 4.49. The van der Waals surface area contributed by atoms with Crippen LogP contribution < -0.4 is 5.32 Å². The highest BCUT2D eigenvalue weighted by molar-refractivity contribution is 5.94. The van der Waals surface area contributed by atoms with Crippen molar-refractivity contribution in [1.82, 2.24) is 9.88 Å². The first kappa shape index (κ1) is 16.6. The minimum atomic E-state index is 0.799. The SMILES string of the molecule is CN(C)CCCNc1cc(-c2cc3ccccc3o2)nc2ccccc12. The number of nitrogens with one attached hydrogen (secondary N) is 1. The second kappa shape index (κ2) is 7.18. The van der Waals surface area contributed by atoms with Gasteiger partial charge < -0.3 is 14.6 Å². The van der Waals surface area contributed by atoms with Crippen LogP contribution >= 0.6 is 0 Å². The average molecular weight is 345 g/mol. The number of pyridine rings is 1. The Morgan fingerprint density at radius 2 is 1.81 bits per heavy atom.